The smallest absolute Gasteiger partial charge is 0.156 e. The van der Waals surface area contributed by atoms with E-state index in [4.69, 9.17) is 0 Å². The molecule has 0 amide bonds. The van der Waals surface area contributed by atoms with Gasteiger partial charge in [0.15, 0.2) is 9.84 Å². The average Bonchev–Trinajstić information content (AvgIpc) is 2.14. The Morgan fingerprint density at radius 3 is 2.40 bits per heavy atom. The van der Waals surface area contributed by atoms with Crippen molar-refractivity contribution in [2.75, 3.05) is 11.5 Å². The van der Waals surface area contributed by atoms with Crippen molar-refractivity contribution in [1.29, 1.82) is 0 Å². The van der Waals surface area contributed by atoms with E-state index in [-0.39, 0.29) is 11.5 Å². The zero-order chi connectivity index (χ0) is 11.4. The Morgan fingerprint density at radius 2 is 1.87 bits per heavy atom. The zero-order valence-electron chi connectivity index (χ0n) is 9.28. The van der Waals surface area contributed by atoms with E-state index in [9.17, 15) is 13.5 Å². The maximum atomic E-state index is 11.7. The highest BCUT2D eigenvalue weighted by molar-refractivity contribution is 7.91. The molecule has 0 saturated heterocycles. The second-order valence-electron chi connectivity index (χ2n) is 4.41. The van der Waals surface area contributed by atoms with Gasteiger partial charge in [0.05, 0.1) is 17.1 Å². The highest BCUT2D eigenvalue weighted by atomic mass is 32.2. The van der Waals surface area contributed by atoms with Gasteiger partial charge in [-0.1, -0.05) is 31.4 Å². The third-order valence-corrected chi connectivity index (χ3v) is 4.54. The zero-order valence-corrected chi connectivity index (χ0v) is 10.1. The standard InChI is InChI=1S/C11H20O3S/c1-2-3-9-15(13,14)10-11(12)7-5-4-6-8-11/h2-3,12H,4-10H2,1H3/b3-2+. The molecule has 15 heavy (non-hydrogen) atoms. The van der Waals surface area contributed by atoms with Gasteiger partial charge in [-0.15, -0.1) is 0 Å². The molecule has 1 N–H and O–H groups in total. The van der Waals surface area contributed by atoms with Crippen LogP contribution in [0.5, 0.6) is 0 Å². The van der Waals surface area contributed by atoms with Crippen LogP contribution in [0.2, 0.25) is 0 Å². The molecule has 0 bridgehead atoms. The van der Waals surface area contributed by atoms with Crippen molar-refractivity contribution in [2.24, 2.45) is 0 Å². The van der Waals surface area contributed by atoms with E-state index in [1.165, 1.54) is 0 Å². The summed E-state index contributed by atoms with van der Waals surface area (Å²) < 4.78 is 23.3. The summed E-state index contributed by atoms with van der Waals surface area (Å²) in [6.07, 6.45) is 7.59. The SMILES string of the molecule is C/C=C/CS(=O)(=O)CC1(O)CCCCC1. The first kappa shape index (κ1) is 12.7. The molecule has 1 saturated carbocycles. The number of hydrogen-bond donors (Lipinski definition) is 1. The fourth-order valence-corrected chi connectivity index (χ4v) is 3.78. The summed E-state index contributed by atoms with van der Waals surface area (Å²) >= 11 is 0. The van der Waals surface area contributed by atoms with E-state index in [1.54, 1.807) is 19.1 Å². The predicted molar refractivity (Wildman–Crippen MR) is 61.5 cm³/mol. The first-order chi connectivity index (χ1) is 6.97. The van der Waals surface area contributed by atoms with E-state index in [0.29, 0.717) is 12.8 Å². The third kappa shape index (κ3) is 4.34. The van der Waals surface area contributed by atoms with Crippen LogP contribution >= 0.6 is 0 Å². The van der Waals surface area contributed by atoms with Crippen molar-refractivity contribution in [3.63, 3.8) is 0 Å². The van der Waals surface area contributed by atoms with Gasteiger partial charge >= 0.3 is 0 Å². The quantitative estimate of drug-likeness (QED) is 0.750. The lowest BCUT2D eigenvalue weighted by Gasteiger charge is -2.31. The molecule has 0 aliphatic heterocycles. The molecule has 0 spiro atoms. The second kappa shape index (κ2) is 5.12. The maximum absolute atomic E-state index is 11.7. The molecule has 1 aliphatic carbocycles. The summed E-state index contributed by atoms with van der Waals surface area (Å²) in [5.74, 6) is -0.0316. The van der Waals surface area contributed by atoms with Gasteiger partial charge in [-0.25, -0.2) is 8.42 Å². The number of hydrogen-bond acceptors (Lipinski definition) is 3. The van der Waals surface area contributed by atoms with E-state index >= 15 is 0 Å². The molecule has 0 aromatic rings. The van der Waals surface area contributed by atoms with E-state index in [2.05, 4.69) is 0 Å². The van der Waals surface area contributed by atoms with Crippen molar-refractivity contribution < 1.29 is 13.5 Å². The molecule has 0 heterocycles. The van der Waals surface area contributed by atoms with Crippen LogP contribution in [0.25, 0.3) is 0 Å². The van der Waals surface area contributed by atoms with Crippen molar-refractivity contribution in [1.82, 2.24) is 0 Å². The molecule has 0 radical (unpaired) electrons. The Balaban J connectivity index is 2.58. The monoisotopic (exact) mass is 232 g/mol. The lowest BCUT2D eigenvalue weighted by molar-refractivity contribution is 0.0258. The molecule has 0 aromatic heterocycles. The summed E-state index contributed by atoms with van der Waals surface area (Å²) in [4.78, 5) is 0. The summed E-state index contributed by atoms with van der Waals surface area (Å²) in [7, 11) is -3.14. The summed E-state index contributed by atoms with van der Waals surface area (Å²) in [6.45, 7) is 1.80. The fraction of sp³-hybridized carbons (Fsp3) is 0.818. The van der Waals surface area contributed by atoms with Crippen molar-refractivity contribution in [3.05, 3.63) is 12.2 Å². The maximum Gasteiger partial charge on any atom is 0.156 e. The average molecular weight is 232 g/mol. The molecule has 0 atom stereocenters. The van der Waals surface area contributed by atoms with Crippen LogP contribution in [0.4, 0.5) is 0 Å². The van der Waals surface area contributed by atoms with Gasteiger partial charge in [0.25, 0.3) is 0 Å². The number of aliphatic hydroxyl groups is 1. The van der Waals surface area contributed by atoms with Gasteiger partial charge < -0.3 is 5.11 Å². The van der Waals surface area contributed by atoms with Crippen LogP contribution in [0.1, 0.15) is 39.0 Å². The Hall–Kier alpha value is -0.350. The van der Waals surface area contributed by atoms with Gasteiger partial charge in [0.2, 0.25) is 0 Å². The first-order valence-corrected chi connectivity index (χ1v) is 7.34. The first-order valence-electron chi connectivity index (χ1n) is 5.51. The number of sulfone groups is 1. The van der Waals surface area contributed by atoms with E-state index < -0.39 is 15.4 Å². The number of rotatable bonds is 4. The van der Waals surface area contributed by atoms with Gasteiger partial charge in [0.1, 0.15) is 0 Å². The van der Waals surface area contributed by atoms with Crippen LogP contribution < -0.4 is 0 Å². The van der Waals surface area contributed by atoms with Crippen molar-refractivity contribution >= 4 is 9.84 Å². The molecule has 1 rings (SSSR count). The van der Waals surface area contributed by atoms with Crippen molar-refractivity contribution in [2.45, 2.75) is 44.6 Å². The normalized spacial score (nSPS) is 22.0. The third-order valence-electron chi connectivity index (χ3n) is 2.86. The minimum absolute atomic E-state index is 0.0474. The van der Waals surface area contributed by atoms with Crippen LogP contribution in [0.3, 0.4) is 0 Å². The topological polar surface area (TPSA) is 54.4 Å². The summed E-state index contributed by atoms with van der Waals surface area (Å²) in [6, 6.07) is 0. The Morgan fingerprint density at radius 1 is 1.27 bits per heavy atom. The summed E-state index contributed by atoms with van der Waals surface area (Å²) in [5.41, 5.74) is -0.960. The molecule has 0 aromatic carbocycles. The molecular formula is C11H20O3S. The van der Waals surface area contributed by atoms with E-state index in [1.807, 2.05) is 0 Å². The molecule has 0 unspecified atom stereocenters. The molecular weight excluding hydrogens is 212 g/mol. The largest absolute Gasteiger partial charge is 0.389 e. The number of allylic oxidation sites excluding steroid dienone is 1. The highest BCUT2D eigenvalue weighted by Crippen LogP contribution is 2.29. The minimum atomic E-state index is -3.14. The van der Waals surface area contributed by atoms with Gasteiger partial charge in [-0.05, 0) is 19.8 Å². The molecule has 3 nitrogen and oxygen atoms in total. The van der Waals surface area contributed by atoms with Crippen LogP contribution in [-0.4, -0.2) is 30.6 Å². The van der Waals surface area contributed by atoms with Gasteiger partial charge in [-0.3, -0.25) is 0 Å². The second-order valence-corrected chi connectivity index (χ2v) is 6.52. The highest BCUT2D eigenvalue weighted by Gasteiger charge is 2.33. The Labute approximate surface area is 92.1 Å². The molecule has 88 valence electrons. The predicted octanol–water partition coefficient (Wildman–Crippen LogP) is 1.67. The lowest BCUT2D eigenvalue weighted by atomic mass is 9.86. The van der Waals surface area contributed by atoms with Crippen LogP contribution in [0.15, 0.2) is 12.2 Å². The van der Waals surface area contributed by atoms with Crippen molar-refractivity contribution in [3.8, 4) is 0 Å². The fourth-order valence-electron chi connectivity index (χ4n) is 2.07. The van der Waals surface area contributed by atoms with Gasteiger partial charge in [-0.2, -0.15) is 0 Å². The molecule has 1 aliphatic rings. The van der Waals surface area contributed by atoms with E-state index in [0.717, 1.165) is 19.3 Å². The van der Waals surface area contributed by atoms with Crippen LogP contribution in [0, 0.1) is 0 Å². The van der Waals surface area contributed by atoms with Gasteiger partial charge in [0, 0.05) is 0 Å². The Bertz CT molecular complexity index is 311. The minimum Gasteiger partial charge on any atom is -0.389 e. The lowest BCUT2D eigenvalue weighted by Crippen LogP contribution is -2.39. The Kier molecular flexibility index (Phi) is 4.34. The summed E-state index contributed by atoms with van der Waals surface area (Å²) in [5, 5.41) is 10.1. The molecule has 4 heteroatoms. The molecule has 1 fully saturated rings. The van der Waals surface area contributed by atoms with Crippen LogP contribution in [-0.2, 0) is 9.84 Å².